The fourth-order valence-electron chi connectivity index (χ4n) is 1.01. The molecule has 0 unspecified atom stereocenters. The number of nitrogen functional groups attached to an aromatic ring is 1. The summed E-state index contributed by atoms with van der Waals surface area (Å²) >= 11 is 3.22. The lowest BCUT2D eigenvalue weighted by molar-refractivity contribution is -0.131. The fourth-order valence-corrected chi connectivity index (χ4v) is 1.26. The number of nitrogens with zero attached hydrogens (tertiary/aromatic N) is 1. The first kappa shape index (κ1) is 13.5. The number of hydrogen-bond acceptors (Lipinski definition) is 4. The van der Waals surface area contributed by atoms with Crippen LogP contribution < -0.4 is 5.73 Å². The van der Waals surface area contributed by atoms with E-state index in [4.69, 9.17) is 10.5 Å². The molecule has 92 valence electrons. The predicted octanol–water partition coefficient (Wildman–Crippen LogP) is 1.28. The molecule has 0 aliphatic heterocycles. The Morgan fingerprint density at radius 2 is 2.06 bits per heavy atom. The van der Waals surface area contributed by atoms with E-state index < -0.39 is 5.97 Å². The molecule has 0 spiro atoms. The first-order valence-corrected chi connectivity index (χ1v) is 5.63. The predicted molar refractivity (Wildman–Crippen MR) is 67.5 cm³/mol. The van der Waals surface area contributed by atoms with E-state index >= 15 is 0 Å². The van der Waals surface area contributed by atoms with Gasteiger partial charge in [0, 0.05) is 24.3 Å². The highest BCUT2D eigenvalue weighted by molar-refractivity contribution is 9.10. The van der Waals surface area contributed by atoms with Crippen molar-refractivity contribution < 1.29 is 14.3 Å². The largest absolute Gasteiger partial charge is 0.452 e. The highest BCUT2D eigenvalue weighted by atomic mass is 79.9. The molecule has 1 rings (SSSR count). The Labute approximate surface area is 108 Å². The number of carbonyl (C=O) groups excluding carboxylic acids is 2. The number of esters is 1. The van der Waals surface area contributed by atoms with Gasteiger partial charge in [0.05, 0.1) is 5.56 Å². The van der Waals surface area contributed by atoms with Crippen molar-refractivity contribution >= 4 is 33.5 Å². The number of ether oxygens (including phenoxy) is 1. The molecule has 0 bridgehead atoms. The standard InChI is InChI=1S/C11H13BrN2O3/c1-14(2)10(15)6-17-11(16)7-3-4-8(12)9(13)5-7/h3-5H,6,13H2,1-2H3. The van der Waals surface area contributed by atoms with Gasteiger partial charge in [-0.1, -0.05) is 0 Å². The first-order valence-electron chi connectivity index (χ1n) is 4.84. The molecule has 1 aromatic rings. The summed E-state index contributed by atoms with van der Waals surface area (Å²) < 4.78 is 5.55. The van der Waals surface area contributed by atoms with Crippen molar-refractivity contribution in [1.82, 2.24) is 4.90 Å². The van der Waals surface area contributed by atoms with Crippen LogP contribution in [0.15, 0.2) is 22.7 Å². The molecule has 0 atom stereocenters. The van der Waals surface area contributed by atoms with Crippen LogP contribution in [-0.4, -0.2) is 37.5 Å². The van der Waals surface area contributed by atoms with Gasteiger partial charge in [-0.2, -0.15) is 0 Å². The Bertz CT molecular complexity index is 446. The quantitative estimate of drug-likeness (QED) is 0.674. The number of nitrogens with two attached hydrogens (primary N) is 1. The van der Waals surface area contributed by atoms with E-state index in [2.05, 4.69) is 15.9 Å². The third kappa shape index (κ3) is 3.74. The van der Waals surface area contributed by atoms with Crippen LogP contribution in [0.3, 0.4) is 0 Å². The van der Waals surface area contributed by atoms with Gasteiger partial charge in [-0.15, -0.1) is 0 Å². The Kier molecular flexibility index (Phi) is 4.51. The molecule has 0 fully saturated rings. The Morgan fingerprint density at radius 3 is 2.59 bits per heavy atom. The minimum Gasteiger partial charge on any atom is -0.452 e. The van der Waals surface area contributed by atoms with Crippen LogP contribution in [0.5, 0.6) is 0 Å². The maximum absolute atomic E-state index is 11.6. The van der Waals surface area contributed by atoms with Crippen molar-refractivity contribution in [3.63, 3.8) is 0 Å². The SMILES string of the molecule is CN(C)C(=O)COC(=O)c1ccc(Br)c(N)c1. The molecule has 0 radical (unpaired) electrons. The number of carbonyl (C=O) groups is 2. The van der Waals surface area contributed by atoms with Crippen molar-refractivity contribution in [3.8, 4) is 0 Å². The lowest BCUT2D eigenvalue weighted by atomic mass is 10.2. The van der Waals surface area contributed by atoms with Crippen molar-refractivity contribution in [1.29, 1.82) is 0 Å². The topological polar surface area (TPSA) is 72.6 Å². The molecule has 0 heterocycles. The summed E-state index contributed by atoms with van der Waals surface area (Å²) in [6.45, 7) is -0.276. The zero-order valence-corrected chi connectivity index (χ0v) is 11.2. The third-order valence-electron chi connectivity index (χ3n) is 2.06. The Morgan fingerprint density at radius 1 is 1.41 bits per heavy atom. The second-order valence-corrected chi connectivity index (χ2v) is 4.45. The number of anilines is 1. The molecule has 0 saturated carbocycles. The molecule has 5 nitrogen and oxygen atoms in total. The maximum Gasteiger partial charge on any atom is 0.338 e. The van der Waals surface area contributed by atoms with Gasteiger partial charge in [0.15, 0.2) is 6.61 Å². The molecular formula is C11H13BrN2O3. The fraction of sp³-hybridized carbons (Fsp3) is 0.273. The molecule has 6 heteroatoms. The number of benzene rings is 1. The molecule has 2 N–H and O–H groups in total. The van der Waals surface area contributed by atoms with E-state index in [1.165, 1.54) is 11.0 Å². The molecule has 17 heavy (non-hydrogen) atoms. The van der Waals surface area contributed by atoms with Crippen LogP contribution in [0.25, 0.3) is 0 Å². The van der Waals surface area contributed by atoms with E-state index in [-0.39, 0.29) is 12.5 Å². The third-order valence-corrected chi connectivity index (χ3v) is 2.78. The normalized spacial score (nSPS) is 9.82. The summed E-state index contributed by atoms with van der Waals surface area (Å²) in [6, 6.07) is 4.72. The molecule has 0 aliphatic rings. The minimum atomic E-state index is -0.570. The smallest absolute Gasteiger partial charge is 0.338 e. The highest BCUT2D eigenvalue weighted by Crippen LogP contribution is 2.20. The molecule has 1 amide bonds. The van der Waals surface area contributed by atoms with E-state index in [0.717, 1.165) is 0 Å². The van der Waals surface area contributed by atoms with Crippen molar-refractivity contribution in [2.24, 2.45) is 0 Å². The second-order valence-electron chi connectivity index (χ2n) is 3.60. The monoisotopic (exact) mass is 300 g/mol. The molecule has 1 aromatic carbocycles. The van der Waals surface area contributed by atoms with Gasteiger partial charge in [0.2, 0.25) is 0 Å². The van der Waals surface area contributed by atoms with Gasteiger partial charge in [-0.3, -0.25) is 4.79 Å². The van der Waals surface area contributed by atoms with Crippen LogP contribution in [-0.2, 0) is 9.53 Å². The van der Waals surface area contributed by atoms with Gasteiger partial charge in [-0.25, -0.2) is 4.79 Å². The average Bonchev–Trinajstić information content (AvgIpc) is 2.28. The second kappa shape index (κ2) is 5.67. The van der Waals surface area contributed by atoms with Gasteiger partial charge < -0.3 is 15.4 Å². The molecule has 0 aliphatic carbocycles. The molecule has 0 saturated heterocycles. The van der Waals surface area contributed by atoms with Crippen molar-refractivity contribution in [3.05, 3.63) is 28.2 Å². The Hall–Kier alpha value is -1.56. The van der Waals surface area contributed by atoms with E-state index in [0.29, 0.717) is 15.7 Å². The van der Waals surface area contributed by atoms with E-state index in [1.807, 2.05) is 0 Å². The maximum atomic E-state index is 11.6. The van der Waals surface area contributed by atoms with Crippen LogP contribution in [0.4, 0.5) is 5.69 Å². The summed E-state index contributed by atoms with van der Waals surface area (Å²) in [6.07, 6.45) is 0. The zero-order chi connectivity index (χ0) is 13.0. The highest BCUT2D eigenvalue weighted by Gasteiger charge is 2.12. The number of likely N-dealkylation sites (N-methyl/N-ethyl adjacent to an activating group) is 1. The lowest BCUT2D eigenvalue weighted by Gasteiger charge is -2.10. The van der Waals surface area contributed by atoms with Gasteiger partial charge in [-0.05, 0) is 34.1 Å². The summed E-state index contributed by atoms with van der Waals surface area (Å²) in [4.78, 5) is 24.1. The van der Waals surface area contributed by atoms with Crippen LogP contribution in [0.1, 0.15) is 10.4 Å². The molecule has 0 aromatic heterocycles. The van der Waals surface area contributed by atoms with Crippen molar-refractivity contribution in [2.45, 2.75) is 0 Å². The summed E-state index contributed by atoms with van der Waals surface area (Å²) in [5, 5.41) is 0. The Balaban J connectivity index is 2.64. The average molecular weight is 301 g/mol. The minimum absolute atomic E-state index is 0.275. The first-order chi connectivity index (χ1) is 7.91. The van der Waals surface area contributed by atoms with E-state index in [1.54, 1.807) is 26.2 Å². The summed E-state index contributed by atoms with van der Waals surface area (Å²) in [7, 11) is 3.18. The van der Waals surface area contributed by atoms with E-state index in [9.17, 15) is 9.59 Å². The lowest BCUT2D eigenvalue weighted by Crippen LogP contribution is -2.27. The number of hydrogen-bond donors (Lipinski definition) is 1. The van der Waals surface area contributed by atoms with Crippen LogP contribution >= 0.6 is 15.9 Å². The zero-order valence-electron chi connectivity index (χ0n) is 9.57. The van der Waals surface area contributed by atoms with Crippen molar-refractivity contribution in [2.75, 3.05) is 26.4 Å². The van der Waals surface area contributed by atoms with Gasteiger partial charge in [0.1, 0.15) is 0 Å². The summed E-state index contributed by atoms with van der Waals surface area (Å²) in [5.41, 5.74) is 6.39. The number of amides is 1. The molecular weight excluding hydrogens is 288 g/mol. The van der Waals surface area contributed by atoms with Gasteiger partial charge >= 0.3 is 5.97 Å². The summed E-state index contributed by atoms with van der Waals surface area (Å²) in [5.74, 6) is -0.845. The number of rotatable bonds is 3. The van der Waals surface area contributed by atoms with Crippen LogP contribution in [0, 0.1) is 0 Å². The van der Waals surface area contributed by atoms with Crippen LogP contribution in [0.2, 0.25) is 0 Å². The number of halogens is 1. The van der Waals surface area contributed by atoms with Gasteiger partial charge in [0.25, 0.3) is 5.91 Å².